The first-order chi connectivity index (χ1) is 1.73. The van der Waals surface area contributed by atoms with E-state index >= 15 is 0 Å². The van der Waals surface area contributed by atoms with Gasteiger partial charge in [-0.3, -0.25) is 0 Å². The normalized spacial score (nSPS) is 5.20. The van der Waals surface area contributed by atoms with Crippen molar-refractivity contribution in [1.29, 1.82) is 0 Å². The molecule has 0 unspecified atom stereocenters. The molecule has 0 N–H and O–H groups in total. The van der Waals surface area contributed by atoms with Crippen LogP contribution in [0.4, 0.5) is 0 Å². The Kier molecular flexibility index (Phi) is 11.3. The quantitative estimate of drug-likeness (QED) is 0.535. The van der Waals surface area contributed by atoms with E-state index in [1.807, 2.05) is 0 Å². The molecule has 0 amide bonds. The zero-order valence-electron chi connectivity index (χ0n) is 3.91. The Morgan fingerprint density at radius 3 is 1.40 bits per heavy atom. The fourth-order valence-electron chi connectivity index (χ4n) is 0. The molecule has 0 spiro atoms. The molecule has 0 aliphatic rings. The Bertz CT molecular complexity index is 29.9. The van der Waals surface area contributed by atoms with Gasteiger partial charge in [-0.25, -0.2) is 0 Å². The number of hydrogen-bond acceptors (Lipinski definition) is 1. The fourth-order valence-corrected chi connectivity index (χ4v) is 0. The second-order valence-electron chi connectivity index (χ2n) is 0.908. The van der Waals surface area contributed by atoms with Crippen LogP contribution in [0.3, 0.4) is 0 Å². The molecule has 0 rings (SSSR count). The van der Waals surface area contributed by atoms with Crippen LogP contribution in [0.1, 0.15) is 13.8 Å². The maximum absolute atomic E-state index is 9.44. The third-order valence-electron chi connectivity index (χ3n) is 0. The van der Waals surface area contributed by atoms with E-state index in [-0.39, 0.29) is 74.7 Å². The van der Waals surface area contributed by atoms with E-state index in [4.69, 9.17) is 0 Å². The van der Waals surface area contributed by atoms with Crippen LogP contribution in [0.25, 0.3) is 0 Å². The molecule has 0 aliphatic heterocycles. The minimum absolute atomic E-state index is 0. The van der Waals surface area contributed by atoms with Crippen molar-refractivity contribution in [3.63, 3.8) is 0 Å². The van der Waals surface area contributed by atoms with Crippen molar-refractivity contribution in [2.75, 3.05) is 0 Å². The minimum Gasteiger partial charge on any atom is -0.300 e. The molecule has 5 heavy (non-hydrogen) atoms. The molecule has 0 aliphatic carbocycles. The first-order valence-electron chi connectivity index (χ1n) is 1.20. The molecule has 1 radical (unpaired) electrons. The minimum atomic E-state index is 0. The predicted molar refractivity (Wildman–Crippen MR) is 22.1 cm³/mol. The summed E-state index contributed by atoms with van der Waals surface area (Å²) in [6, 6.07) is 0. The van der Waals surface area contributed by atoms with E-state index in [9.17, 15) is 4.79 Å². The Labute approximate surface area is 90.9 Å². The number of Topliss-reactive ketones (excluding diaryl/α,β-unsaturated/α-hetero) is 1. The van der Waals surface area contributed by atoms with E-state index in [0.717, 1.165) is 0 Å². The van der Waals surface area contributed by atoms with Crippen LogP contribution in [0.15, 0.2) is 0 Å². The average molecular weight is 191 g/mol. The fraction of sp³-hybridized carbons (Fsp3) is 0.667. The summed E-state index contributed by atoms with van der Waals surface area (Å²) in [6.07, 6.45) is 0. The second-order valence-corrected chi connectivity index (χ2v) is 0.908. The zero-order valence-corrected chi connectivity index (χ0v) is 10.2. The van der Waals surface area contributed by atoms with Crippen molar-refractivity contribution in [3.8, 4) is 0 Å². The monoisotopic (exact) mass is 191 g/mol. The summed E-state index contributed by atoms with van der Waals surface area (Å²) in [4.78, 5) is 9.44. The van der Waals surface area contributed by atoms with Gasteiger partial charge in [0.15, 0.2) is 0 Å². The van der Waals surface area contributed by atoms with E-state index in [2.05, 4.69) is 0 Å². The number of hydrogen-bond donors (Lipinski definition) is 0. The van der Waals surface area contributed by atoms with Crippen LogP contribution in [0.2, 0.25) is 0 Å². The van der Waals surface area contributed by atoms with Crippen molar-refractivity contribution in [3.05, 3.63) is 0 Å². The molecule has 0 aromatic heterocycles. The number of ketones is 1. The van der Waals surface area contributed by atoms with Crippen LogP contribution in [-0.4, -0.2) is 74.7 Å². The van der Waals surface area contributed by atoms with Gasteiger partial charge in [-0.1, -0.05) is 0 Å². The average Bonchev–Trinajstić information content (AvgIpc) is 0.811. The first kappa shape index (κ1) is 9.87. The van der Waals surface area contributed by atoms with Gasteiger partial charge < -0.3 is 4.79 Å². The topological polar surface area (TPSA) is 17.1 Å². The molecule has 0 aromatic carbocycles. The maximum atomic E-state index is 9.44. The zero-order chi connectivity index (χ0) is 3.58. The molecule has 1 nitrogen and oxygen atoms in total. The van der Waals surface area contributed by atoms with Gasteiger partial charge in [0, 0.05) is 68.9 Å². The van der Waals surface area contributed by atoms with Gasteiger partial charge in [0.05, 0.1) is 0 Å². The molecule has 0 atom stereocenters. The predicted octanol–water partition coefficient (Wildman–Crippen LogP) is 0.214. The molecule has 0 fully saturated rings. The largest absolute Gasteiger partial charge is 0.300 e. The first-order valence-corrected chi connectivity index (χ1v) is 1.20. The molecule has 25 valence electrons. The van der Waals surface area contributed by atoms with Crippen molar-refractivity contribution in [1.82, 2.24) is 0 Å². The third-order valence-corrected chi connectivity index (χ3v) is 0. The molecule has 0 bridgehead atoms. The van der Waals surface area contributed by atoms with Crippen molar-refractivity contribution >= 4 is 74.7 Å². The Morgan fingerprint density at radius 2 is 1.40 bits per heavy atom. The van der Waals surface area contributed by atoms with Gasteiger partial charge in [0.2, 0.25) is 0 Å². The number of carbonyl (C=O) groups is 1. The molecule has 0 aromatic rings. The molecular formula is C3H6CsO. The molecule has 0 saturated heterocycles. The van der Waals surface area contributed by atoms with Crippen LogP contribution >= 0.6 is 0 Å². The summed E-state index contributed by atoms with van der Waals surface area (Å²) < 4.78 is 0. The smallest absolute Gasteiger partial charge is 0.126 e. The van der Waals surface area contributed by atoms with Gasteiger partial charge in [-0.2, -0.15) is 0 Å². The van der Waals surface area contributed by atoms with Crippen LogP contribution < -0.4 is 0 Å². The van der Waals surface area contributed by atoms with Gasteiger partial charge >= 0.3 is 0 Å². The van der Waals surface area contributed by atoms with Crippen molar-refractivity contribution in [2.45, 2.75) is 13.8 Å². The third kappa shape index (κ3) is 26.7. The van der Waals surface area contributed by atoms with E-state index in [1.54, 1.807) is 0 Å². The van der Waals surface area contributed by atoms with Crippen LogP contribution in [0, 0.1) is 0 Å². The number of carbonyl (C=O) groups excluding carboxylic acids is 1. The maximum Gasteiger partial charge on any atom is 0.126 e. The number of rotatable bonds is 0. The van der Waals surface area contributed by atoms with E-state index in [1.165, 1.54) is 13.8 Å². The van der Waals surface area contributed by atoms with Gasteiger partial charge in [-0.05, 0) is 13.8 Å². The molecular weight excluding hydrogens is 185 g/mol. The van der Waals surface area contributed by atoms with E-state index in [0.29, 0.717) is 0 Å². The Morgan fingerprint density at radius 1 is 1.40 bits per heavy atom. The van der Waals surface area contributed by atoms with Gasteiger partial charge in [0.25, 0.3) is 0 Å². The Hall–Kier alpha value is 1.72. The standard InChI is InChI=1S/C3H6O.Cs/c1-3(2)4;/h1-2H3;. The summed E-state index contributed by atoms with van der Waals surface area (Å²) in [6.45, 7) is 3.06. The van der Waals surface area contributed by atoms with Crippen LogP contribution in [-0.2, 0) is 4.79 Å². The molecule has 2 heteroatoms. The van der Waals surface area contributed by atoms with Crippen molar-refractivity contribution < 1.29 is 4.79 Å². The summed E-state index contributed by atoms with van der Waals surface area (Å²) in [5.41, 5.74) is 0. The summed E-state index contributed by atoms with van der Waals surface area (Å²) >= 11 is 0. The summed E-state index contributed by atoms with van der Waals surface area (Å²) in [5.74, 6) is 0.167. The SMILES string of the molecule is CC(C)=O.[Cs]. The summed E-state index contributed by atoms with van der Waals surface area (Å²) in [7, 11) is 0. The second kappa shape index (κ2) is 5.72. The summed E-state index contributed by atoms with van der Waals surface area (Å²) in [5, 5.41) is 0. The molecule has 0 saturated carbocycles. The van der Waals surface area contributed by atoms with Gasteiger partial charge in [0.1, 0.15) is 5.78 Å². The van der Waals surface area contributed by atoms with Gasteiger partial charge in [-0.15, -0.1) is 0 Å². The van der Waals surface area contributed by atoms with Crippen molar-refractivity contribution in [2.24, 2.45) is 0 Å². The molecule has 0 heterocycles. The Balaban J connectivity index is 0. The van der Waals surface area contributed by atoms with E-state index < -0.39 is 0 Å². The van der Waals surface area contributed by atoms with Crippen LogP contribution in [0.5, 0.6) is 0 Å².